The van der Waals surface area contributed by atoms with E-state index in [1.807, 2.05) is 13.0 Å². The first-order valence-electron chi connectivity index (χ1n) is 4.85. The number of hydrogen-bond acceptors (Lipinski definition) is 5. The Balaban J connectivity index is 0.00000128. The minimum atomic E-state index is 0. The Morgan fingerprint density at radius 2 is 2.31 bits per heavy atom. The predicted octanol–water partition coefficient (Wildman–Crippen LogP) is 1.73. The van der Waals surface area contributed by atoms with Crippen LogP contribution < -0.4 is 5.32 Å². The van der Waals surface area contributed by atoms with Gasteiger partial charge in [-0.15, -0.1) is 12.4 Å². The molecule has 0 saturated heterocycles. The first kappa shape index (κ1) is 12.7. The zero-order chi connectivity index (χ0) is 10.5. The van der Waals surface area contributed by atoms with Crippen LogP contribution in [0.15, 0.2) is 27.5 Å². The van der Waals surface area contributed by atoms with Crippen molar-refractivity contribution in [1.82, 2.24) is 15.5 Å². The Morgan fingerprint density at radius 3 is 2.94 bits per heavy atom. The Morgan fingerprint density at radius 1 is 1.44 bits per heavy atom. The second-order valence-corrected chi connectivity index (χ2v) is 3.29. The summed E-state index contributed by atoms with van der Waals surface area (Å²) in [7, 11) is 0. The van der Waals surface area contributed by atoms with Crippen molar-refractivity contribution in [3.8, 4) is 0 Å². The third kappa shape index (κ3) is 3.67. The highest BCUT2D eigenvalue weighted by molar-refractivity contribution is 5.85. The summed E-state index contributed by atoms with van der Waals surface area (Å²) in [6.45, 7) is 3.42. The van der Waals surface area contributed by atoms with E-state index in [0.717, 1.165) is 25.1 Å². The monoisotopic (exact) mass is 243 g/mol. The van der Waals surface area contributed by atoms with Crippen LogP contribution in [0.2, 0.25) is 0 Å². The van der Waals surface area contributed by atoms with Crippen LogP contribution in [0.3, 0.4) is 0 Å². The van der Waals surface area contributed by atoms with Crippen molar-refractivity contribution in [2.45, 2.75) is 19.9 Å². The molecule has 6 heteroatoms. The maximum absolute atomic E-state index is 4.98. The van der Waals surface area contributed by atoms with Crippen LogP contribution in [-0.4, -0.2) is 16.7 Å². The molecule has 2 heterocycles. The Hall–Kier alpha value is -1.33. The van der Waals surface area contributed by atoms with Gasteiger partial charge in [-0.2, -0.15) is 4.98 Å². The summed E-state index contributed by atoms with van der Waals surface area (Å²) in [5.74, 6) is 1.35. The van der Waals surface area contributed by atoms with E-state index in [2.05, 4.69) is 15.5 Å². The van der Waals surface area contributed by atoms with Gasteiger partial charge in [-0.1, -0.05) is 5.16 Å². The van der Waals surface area contributed by atoms with Crippen LogP contribution >= 0.6 is 12.4 Å². The van der Waals surface area contributed by atoms with Crippen LogP contribution in [0, 0.1) is 6.92 Å². The lowest BCUT2D eigenvalue weighted by atomic mass is 10.3. The molecule has 0 radical (unpaired) electrons. The van der Waals surface area contributed by atoms with E-state index in [9.17, 15) is 0 Å². The molecule has 2 aromatic heterocycles. The van der Waals surface area contributed by atoms with E-state index in [1.165, 1.54) is 0 Å². The highest BCUT2D eigenvalue weighted by Gasteiger charge is 2.01. The lowest BCUT2D eigenvalue weighted by Gasteiger charge is -1.98. The average Bonchev–Trinajstić information content (AvgIpc) is 2.84. The molecule has 0 aliphatic carbocycles. The largest absolute Gasteiger partial charge is 0.472 e. The summed E-state index contributed by atoms with van der Waals surface area (Å²) in [6.07, 6.45) is 4.14. The fourth-order valence-electron chi connectivity index (χ4n) is 1.26. The molecule has 0 aromatic carbocycles. The number of hydrogen-bond donors (Lipinski definition) is 1. The molecule has 0 aliphatic rings. The quantitative estimate of drug-likeness (QED) is 0.811. The maximum atomic E-state index is 4.98. The number of aryl methyl sites for hydroxylation is 1. The smallest absolute Gasteiger partial charge is 0.227 e. The molecule has 2 rings (SSSR count). The minimum Gasteiger partial charge on any atom is -0.472 e. The molecule has 88 valence electrons. The minimum absolute atomic E-state index is 0. The normalized spacial score (nSPS) is 10.1. The molecule has 0 fully saturated rings. The molecule has 0 aliphatic heterocycles. The van der Waals surface area contributed by atoms with Crippen molar-refractivity contribution in [2.24, 2.45) is 0 Å². The van der Waals surface area contributed by atoms with Gasteiger partial charge in [0.2, 0.25) is 5.89 Å². The molecule has 0 spiro atoms. The summed E-state index contributed by atoms with van der Waals surface area (Å²) in [6, 6.07) is 1.93. The molecule has 0 bridgehead atoms. The topological polar surface area (TPSA) is 64.1 Å². The Kier molecular flexibility index (Phi) is 5.01. The van der Waals surface area contributed by atoms with Crippen molar-refractivity contribution in [2.75, 3.05) is 6.54 Å². The van der Waals surface area contributed by atoms with Gasteiger partial charge in [-0.3, -0.25) is 0 Å². The van der Waals surface area contributed by atoms with Crippen LogP contribution in [0.4, 0.5) is 0 Å². The standard InChI is InChI=1S/C10H13N3O2.ClH/c1-8-12-10(15-13-8)2-4-11-6-9-3-5-14-7-9;/h3,5,7,11H,2,4,6H2,1H3;1H. The molecule has 16 heavy (non-hydrogen) atoms. The number of rotatable bonds is 5. The van der Waals surface area contributed by atoms with Gasteiger partial charge in [-0.05, 0) is 13.0 Å². The number of furan rings is 1. The maximum Gasteiger partial charge on any atom is 0.227 e. The van der Waals surface area contributed by atoms with Crippen LogP contribution in [-0.2, 0) is 13.0 Å². The van der Waals surface area contributed by atoms with E-state index < -0.39 is 0 Å². The molecule has 1 N–H and O–H groups in total. The Bertz CT molecular complexity index is 400. The van der Waals surface area contributed by atoms with E-state index >= 15 is 0 Å². The molecule has 0 amide bonds. The van der Waals surface area contributed by atoms with Crippen molar-refractivity contribution in [1.29, 1.82) is 0 Å². The van der Waals surface area contributed by atoms with Gasteiger partial charge in [-0.25, -0.2) is 0 Å². The third-order valence-corrected chi connectivity index (χ3v) is 1.99. The van der Waals surface area contributed by atoms with E-state index in [1.54, 1.807) is 12.5 Å². The van der Waals surface area contributed by atoms with Crippen molar-refractivity contribution in [3.63, 3.8) is 0 Å². The van der Waals surface area contributed by atoms with Crippen LogP contribution in [0.25, 0.3) is 0 Å². The number of nitrogens with zero attached hydrogens (tertiary/aromatic N) is 2. The van der Waals surface area contributed by atoms with Gasteiger partial charge in [0, 0.05) is 25.1 Å². The fourth-order valence-corrected chi connectivity index (χ4v) is 1.26. The highest BCUT2D eigenvalue weighted by Crippen LogP contribution is 1.99. The van der Waals surface area contributed by atoms with E-state index in [0.29, 0.717) is 11.7 Å². The van der Waals surface area contributed by atoms with Gasteiger partial charge in [0.05, 0.1) is 12.5 Å². The first-order chi connectivity index (χ1) is 7.34. The predicted molar refractivity (Wildman–Crippen MR) is 60.4 cm³/mol. The van der Waals surface area contributed by atoms with Gasteiger partial charge in [0.25, 0.3) is 0 Å². The molecule has 0 atom stereocenters. The Labute approximate surface area is 99.6 Å². The zero-order valence-electron chi connectivity index (χ0n) is 8.97. The van der Waals surface area contributed by atoms with Crippen molar-refractivity contribution < 1.29 is 8.94 Å². The average molecular weight is 244 g/mol. The highest BCUT2D eigenvalue weighted by atomic mass is 35.5. The van der Waals surface area contributed by atoms with Crippen LogP contribution in [0.5, 0.6) is 0 Å². The van der Waals surface area contributed by atoms with Gasteiger partial charge >= 0.3 is 0 Å². The van der Waals surface area contributed by atoms with Crippen molar-refractivity contribution in [3.05, 3.63) is 35.9 Å². The summed E-state index contributed by atoms with van der Waals surface area (Å²) < 4.78 is 9.93. The van der Waals surface area contributed by atoms with E-state index in [-0.39, 0.29) is 12.4 Å². The molecular weight excluding hydrogens is 230 g/mol. The number of halogens is 1. The summed E-state index contributed by atoms with van der Waals surface area (Å²) >= 11 is 0. The SMILES string of the molecule is Cc1noc(CCNCc2ccoc2)n1.Cl. The van der Waals surface area contributed by atoms with Gasteiger partial charge < -0.3 is 14.3 Å². The molecular formula is C10H14ClN3O2. The van der Waals surface area contributed by atoms with Crippen molar-refractivity contribution >= 4 is 12.4 Å². The van der Waals surface area contributed by atoms with Crippen LogP contribution in [0.1, 0.15) is 17.3 Å². The zero-order valence-corrected chi connectivity index (χ0v) is 9.79. The summed E-state index contributed by atoms with van der Waals surface area (Å²) in [5, 5.41) is 6.97. The summed E-state index contributed by atoms with van der Waals surface area (Å²) in [5.41, 5.74) is 1.14. The molecule has 0 unspecified atom stereocenters. The molecule has 5 nitrogen and oxygen atoms in total. The number of aromatic nitrogens is 2. The molecule has 2 aromatic rings. The first-order valence-corrected chi connectivity index (χ1v) is 4.85. The number of nitrogens with one attached hydrogen (secondary N) is 1. The van der Waals surface area contributed by atoms with E-state index in [4.69, 9.17) is 8.94 Å². The fraction of sp³-hybridized carbons (Fsp3) is 0.400. The van der Waals surface area contributed by atoms with Gasteiger partial charge in [0.1, 0.15) is 0 Å². The molecule has 0 saturated carbocycles. The van der Waals surface area contributed by atoms with Gasteiger partial charge in [0.15, 0.2) is 5.82 Å². The second-order valence-electron chi connectivity index (χ2n) is 3.29. The lowest BCUT2D eigenvalue weighted by Crippen LogP contribution is -2.16. The summed E-state index contributed by atoms with van der Waals surface area (Å²) in [4.78, 5) is 4.11. The second kappa shape index (κ2) is 6.30. The third-order valence-electron chi connectivity index (χ3n) is 1.99. The lowest BCUT2D eigenvalue weighted by molar-refractivity contribution is 0.372.